The Morgan fingerprint density at radius 1 is 1.25 bits per heavy atom. The number of nitrogens with one attached hydrogen (secondary N) is 1. The summed E-state index contributed by atoms with van der Waals surface area (Å²) in [6.07, 6.45) is 6.19. The second-order valence-corrected chi connectivity index (χ2v) is 6.00. The van der Waals surface area contributed by atoms with Crippen LogP contribution in [0.25, 0.3) is 0 Å². The first kappa shape index (κ1) is 14.9. The van der Waals surface area contributed by atoms with E-state index in [0.717, 1.165) is 17.2 Å². The number of anilines is 1. The first-order valence-corrected chi connectivity index (χ1v) is 7.55. The van der Waals surface area contributed by atoms with Crippen LogP contribution >= 0.6 is 0 Å². The number of methoxy groups -OCH3 is 1. The number of carbonyl (C=O) groups excluding carboxylic acids is 1. The maximum atomic E-state index is 11.9. The van der Waals surface area contributed by atoms with Crippen LogP contribution in [0.1, 0.15) is 54.9 Å². The summed E-state index contributed by atoms with van der Waals surface area (Å²) in [5, 5.41) is 3.55. The predicted octanol–water partition coefficient (Wildman–Crippen LogP) is 4.16. The molecule has 0 heterocycles. The van der Waals surface area contributed by atoms with Gasteiger partial charge in [-0.3, -0.25) is 0 Å². The largest absolute Gasteiger partial charge is 0.465 e. The van der Waals surface area contributed by atoms with E-state index in [1.54, 1.807) is 0 Å². The lowest BCUT2D eigenvalue weighted by atomic mass is 10.0. The Morgan fingerprint density at radius 2 is 2.05 bits per heavy atom. The van der Waals surface area contributed by atoms with Crippen LogP contribution < -0.4 is 5.32 Å². The lowest BCUT2D eigenvalue weighted by Gasteiger charge is -2.20. The van der Waals surface area contributed by atoms with Gasteiger partial charge in [-0.25, -0.2) is 4.79 Å². The lowest BCUT2D eigenvalue weighted by Crippen LogP contribution is -2.20. The maximum Gasteiger partial charge on any atom is 0.339 e. The molecule has 2 rings (SSSR count). The van der Waals surface area contributed by atoms with Gasteiger partial charge < -0.3 is 10.1 Å². The second kappa shape index (κ2) is 6.78. The minimum atomic E-state index is -0.266. The molecule has 0 amide bonds. The highest BCUT2D eigenvalue weighted by Crippen LogP contribution is 2.27. The van der Waals surface area contributed by atoms with Gasteiger partial charge in [0.25, 0.3) is 0 Å². The number of rotatable bonds is 3. The smallest absolute Gasteiger partial charge is 0.339 e. The van der Waals surface area contributed by atoms with Gasteiger partial charge >= 0.3 is 5.97 Å². The van der Waals surface area contributed by atoms with Crippen molar-refractivity contribution in [2.75, 3.05) is 12.4 Å². The molecule has 2 unspecified atom stereocenters. The third-order valence-corrected chi connectivity index (χ3v) is 4.20. The molecule has 3 nitrogen and oxygen atoms in total. The summed E-state index contributed by atoms with van der Waals surface area (Å²) < 4.78 is 4.88. The van der Waals surface area contributed by atoms with Crippen LogP contribution in [0, 0.1) is 12.8 Å². The molecule has 0 spiro atoms. The Bertz CT molecular complexity index is 470. The van der Waals surface area contributed by atoms with E-state index in [2.05, 4.69) is 12.2 Å². The molecule has 0 aromatic heterocycles. The SMILES string of the molecule is COC(=O)c1cc(C)ccc1NC1CCCC(C)CC1. The molecule has 1 aromatic carbocycles. The van der Waals surface area contributed by atoms with Gasteiger partial charge in [0, 0.05) is 11.7 Å². The van der Waals surface area contributed by atoms with Crippen molar-refractivity contribution in [1.82, 2.24) is 0 Å². The molecule has 1 saturated carbocycles. The molecule has 0 aliphatic heterocycles. The molecule has 0 radical (unpaired) electrons. The molecule has 110 valence electrons. The number of aryl methyl sites for hydroxylation is 1. The fraction of sp³-hybridized carbons (Fsp3) is 0.588. The molecule has 2 atom stereocenters. The van der Waals surface area contributed by atoms with E-state index in [9.17, 15) is 4.79 Å². The number of carbonyl (C=O) groups is 1. The Kier molecular flexibility index (Phi) is 5.05. The molecule has 1 fully saturated rings. The average Bonchev–Trinajstić information content (AvgIpc) is 2.65. The molecule has 20 heavy (non-hydrogen) atoms. The van der Waals surface area contributed by atoms with E-state index < -0.39 is 0 Å². The summed E-state index contributed by atoms with van der Waals surface area (Å²) in [7, 11) is 1.43. The first-order valence-electron chi connectivity index (χ1n) is 7.55. The minimum absolute atomic E-state index is 0.266. The zero-order valence-corrected chi connectivity index (χ0v) is 12.7. The van der Waals surface area contributed by atoms with E-state index in [4.69, 9.17) is 4.74 Å². The number of esters is 1. The number of benzene rings is 1. The van der Waals surface area contributed by atoms with Crippen molar-refractivity contribution in [3.05, 3.63) is 29.3 Å². The Labute approximate surface area is 121 Å². The van der Waals surface area contributed by atoms with Crippen LogP contribution in [-0.4, -0.2) is 19.1 Å². The van der Waals surface area contributed by atoms with Crippen molar-refractivity contribution in [3.63, 3.8) is 0 Å². The van der Waals surface area contributed by atoms with Crippen LogP contribution in [-0.2, 0) is 4.74 Å². The second-order valence-electron chi connectivity index (χ2n) is 6.00. The van der Waals surface area contributed by atoms with Gasteiger partial charge in [0.05, 0.1) is 12.7 Å². The zero-order valence-electron chi connectivity index (χ0n) is 12.7. The fourth-order valence-electron chi connectivity index (χ4n) is 2.91. The normalized spacial score (nSPS) is 22.9. The van der Waals surface area contributed by atoms with Crippen LogP contribution in [0.15, 0.2) is 18.2 Å². The predicted molar refractivity (Wildman–Crippen MR) is 82.2 cm³/mol. The average molecular weight is 275 g/mol. The summed E-state index contributed by atoms with van der Waals surface area (Å²) in [6, 6.07) is 6.39. The standard InChI is InChI=1S/C17H25NO2/c1-12-5-4-6-14(9-7-12)18-16-10-8-13(2)11-15(16)17(19)20-3/h8,10-12,14,18H,4-7,9H2,1-3H3. The maximum absolute atomic E-state index is 11.9. The van der Waals surface area contributed by atoms with Crippen LogP contribution in [0.5, 0.6) is 0 Å². The fourth-order valence-corrected chi connectivity index (χ4v) is 2.91. The van der Waals surface area contributed by atoms with Crippen molar-refractivity contribution in [1.29, 1.82) is 0 Å². The van der Waals surface area contributed by atoms with E-state index in [1.807, 2.05) is 25.1 Å². The topological polar surface area (TPSA) is 38.3 Å². The van der Waals surface area contributed by atoms with Crippen LogP contribution in [0.2, 0.25) is 0 Å². The molecule has 1 aliphatic rings. The summed E-state index contributed by atoms with van der Waals surface area (Å²) in [6.45, 7) is 4.32. The molecule has 1 N–H and O–H groups in total. The summed E-state index contributed by atoms with van der Waals surface area (Å²) >= 11 is 0. The van der Waals surface area contributed by atoms with Gasteiger partial charge in [0.15, 0.2) is 0 Å². The summed E-state index contributed by atoms with van der Waals surface area (Å²) in [5.74, 6) is 0.554. The van der Waals surface area contributed by atoms with Crippen molar-refractivity contribution in [2.24, 2.45) is 5.92 Å². The number of ether oxygens (including phenoxy) is 1. The van der Waals surface area contributed by atoms with E-state index in [-0.39, 0.29) is 5.97 Å². The van der Waals surface area contributed by atoms with Crippen molar-refractivity contribution < 1.29 is 9.53 Å². The molecular formula is C17H25NO2. The molecule has 0 saturated heterocycles. The highest BCUT2D eigenvalue weighted by molar-refractivity contribution is 5.95. The Hall–Kier alpha value is -1.51. The lowest BCUT2D eigenvalue weighted by molar-refractivity contribution is 0.0601. The van der Waals surface area contributed by atoms with E-state index >= 15 is 0 Å². The molecule has 3 heteroatoms. The molecule has 1 aromatic rings. The van der Waals surface area contributed by atoms with Gasteiger partial charge in [-0.2, -0.15) is 0 Å². The molecule has 0 bridgehead atoms. The number of hydrogen-bond acceptors (Lipinski definition) is 3. The number of hydrogen-bond donors (Lipinski definition) is 1. The van der Waals surface area contributed by atoms with Crippen LogP contribution in [0.4, 0.5) is 5.69 Å². The van der Waals surface area contributed by atoms with Crippen molar-refractivity contribution >= 4 is 11.7 Å². The molecular weight excluding hydrogens is 250 g/mol. The van der Waals surface area contributed by atoms with Gasteiger partial charge in [0.2, 0.25) is 0 Å². The first-order chi connectivity index (χ1) is 9.60. The highest BCUT2D eigenvalue weighted by atomic mass is 16.5. The Balaban J connectivity index is 2.14. The third kappa shape index (κ3) is 3.75. The quantitative estimate of drug-likeness (QED) is 0.665. The van der Waals surface area contributed by atoms with Gasteiger partial charge in [-0.1, -0.05) is 31.4 Å². The van der Waals surface area contributed by atoms with E-state index in [0.29, 0.717) is 11.6 Å². The van der Waals surface area contributed by atoms with E-state index in [1.165, 1.54) is 39.2 Å². The third-order valence-electron chi connectivity index (χ3n) is 4.20. The van der Waals surface area contributed by atoms with Crippen molar-refractivity contribution in [2.45, 2.75) is 52.0 Å². The minimum Gasteiger partial charge on any atom is -0.465 e. The summed E-state index contributed by atoms with van der Waals surface area (Å²) in [5.41, 5.74) is 2.62. The van der Waals surface area contributed by atoms with Crippen LogP contribution in [0.3, 0.4) is 0 Å². The van der Waals surface area contributed by atoms with Gasteiger partial charge in [-0.05, 0) is 44.2 Å². The van der Waals surface area contributed by atoms with Crippen molar-refractivity contribution in [3.8, 4) is 0 Å². The highest BCUT2D eigenvalue weighted by Gasteiger charge is 2.19. The molecule has 1 aliphatic carbocycles. The Morgan fingerprint density at radius 3 is 2.80 bits per heavy atom. The van der Waals surface area contributed by atoms with Gasteiger partial charge in [0.1, 0.15) is 0 Å². The van der Waals surface area contributed by atoms with Gasteiger partial charge in [-0.15, -0.1) is 0 Å². The zero-order chi connectivity index (χ0) is 14.5. The summed E-state index contributed by atoms with van der Waals surface area (Å²) in [4.78, 5) is 11.9. The monoisotopic (exact) mass is 275 g/mol.